The molecule has 0 atom stereocenters. The molecule has 0 aliphatic carbocycles. The van der Waals surface area contributed by atoms with E-state index < -0.39 is 5.97 Å². The summed E-state index contributed by atoms with van der Waals surface area (Å²) in [6.07, 6.45) is 0. The second-order valence-corrected chi connectivity index (χ2v) is 2.73. The maximum Gasteiger partial charge on any atom is 0.356 e. The molecule has 0 saturated carbocycles. The van der Waals surface area contributed by atoms with Gasteiger partial charge in [-0.25, -0.2) is 9.78 Å². The van der Waals surface area contributed by atoms with Gasteiger partial charge in [0.05, 0.1) is 12.2 Å². The van der Waals surface area contributed by atoms with Crippen molar-refractivity contribution in [3.05, 3.63) is 28.5 Å². The minimum atomic E-state index is -0.543. The fourth-order valence-electron chi connectivity index (χ4n) is 0.836. The molecule has 0 aliphatic heterocycles. The number of carbonyl (C=O) groups is 1. The van der Waals surface area contributed by atoms with Crippen LogP contribution in [0.5, 0.6) is 0 Å². The van der Waals surface area contributed by atoms with Crippen LogP contribution >= 0.6 is 11.6 Å². The monoisotopic (exact) mass is 210 g/mol. The highest BCUT2D eigenvalue weighted by atomic mass is 35.5. The molecule has 4 nitrogen and oxygen atoms in total. The first-order valence-corrected chi connectivity index (χ1v) is 4.30. The van der Waals surface area contributed by atoms with Gasteiger partial charge in [0.1, 0.15) is 16.9 Å². The largest absolute Gasteiger partial charge is 0.461 e. The average Bonchev–Trinajstić information content (AvgIpc) is 2.18. The fraction of sp³-hybridized carbons (Fsp3) is 0.222. The minimum Gasteiger partial charge on any atom is -0.461 e. The first-order chi connectivity index (χ1) is 6.69. The van der Waals surface area contributed by atoms with Crippen LogP contribution in [-0.4, -0.2) is 17.6 Å². The van der Waals surface area contributed by atoms with E-state index in [4.69, 9.17) is 21.6 Å². The summed E-state index contributed by atoms with van der Waals surface area (Å²) in [5.74, 6) is -0.543. The van der Waals surface area contributed by atoms with Crippen LogP contribution in [0.25, 0.3) is 0 Å². The molecular formula is C9H7ClN2O2. The predicted octanol–water partition coefficient (Wildman–Crippen LogP) is 1.78. The molecule has 0 aromatic carbocycles. The first kappa shape index (κ1) is 10.5. The number of nitrogens with zero attached hydrogens (tertiary/aromatic N) is 2. The fourth-order valence-corrected chi connectivity index (χ4v) is 1.03. The Balaban J connectivity index is 2.98. The number of esters is 1. The van der Waals surface area contributed by atoms with E-state index in [0.717, 1.165) is 0 Å². The van der Waals surface area contributed by atoms with Gasteiger partial charge in [-0.3, -0.25) is 0 Å². The van der Waals surface area contributed by atoms with Gasteiger partial charge in [0.15, 0.2) is 0 Å². The summed E-state index contributed by atoms with van der Waals surface area (Å²) in [5, 5.41) is 8.57. The van der Waals surface area contributed by atoms with Crippen LogP contribution < -0.4 is 0 Å². The quantitative estimate of drug-likeness (QED) is 0.551. The van der Waals surface area contributed by atoms with Gasteiger partial charge in [0.2, 0.25) is 0 Å². The Morgan fingerprint density at radius 2 is 2.43 bits per heavy atom. The molecular weight excluding hydrogens is 204 g/mol. The van der Waals surface area contributed by atoms with E-state index in [2.05, 4.69) is 4.98 Å². The van der Waals surface area contributed by atoms with Crippen molar-refractivity contribution >= 4 is 17.6 Å². The van der Waals surface area contributed by atoms with Gasteiger partial charge in [-0.2, -0.15) is 5.26 Å². The predicted molar refractivity (Wildman–Crippen MR) is 49.9 cm³/mol. The van der Waals surface area contributed by atoms with Crippen molar-refractivity contribution in [1.29, 1.82) is 5.26 Å². The third-order valence-corrected chi connectivity index (χ3v) is 1.74. The van der Waals surface area contributed by atoms with Crippen LogP contribution in [0.15, 0.2) is 12.1 Å². The smallest absolute Gasteiger partial charge is 0.356 e. The van der Waals surface area contributed by atoms with Gasteiger partial charge >= 0.3 is 5.97 Å². The van der Waals surface area contributed by atoms with Crippen molar-refractivity contribution in [2.24, 2.45) is 0 Å². The molecule has 0 saturated heterocycles. The number of hydrogen-bond donors (Lipinski definition) is 0. The van der Waals surface area contributed by atoms with E-state index in [0.29, 0.717) is 0 Å². The molecule has 5 heteroatoms. The Hall–Kier alpha value is -1.60. The number of hydrogen-bond acceptors (Lipinski definition) is 4. The van der Waals surface area contributed by atoms with Crippen molar-refractivity contribution in [1.82, 2.24) is 4.98 Å². The topological polar surface area (TPSA) is 63.0 Å². The van der Waals surface area contributed by atoms with E-state index >= 15 is 0 Å². The first-order valence-electron chi connectivity index (χ1n) is 3.92. The third kappa shape index (κ3) is 2.21. The van der Waals surface area contributed by atoms with Gasteiger partial charge in [-0.1, -0.05) is 11.6 Å². The Labute approximate surface area is 86.1 Å². The molecule has 0 unspecified atom stereocenters. The molecule has 1 aromatic rings. The lowest BCUT2D eigenvalue weighted by Gasteiger charge is -2.01. The molecule has 0 aliphatic rings. The van der Waals surface area contributed by atoms with Crippen molar-refractivity contribution < 1.29 is 9.53 Å². The zero-order valence-corrected chi connectivity index (χ0v) is 8.21. The van der Waals surface area contributed by atoms with Crippen molar-refractivity contribution in [3.63, 3.8) is 0 Å². The standard InChI is InChI=1S/C9H7ClN2O2/c1-2-14-9(13)7-4-3-6(5-11)8(10)12-7/h3-4H,2H2,1H3. The van der Waals surface area contributed by atoms with E-state index in [-0.39, 0.29) is 23.0 Å². The molecule has 0 amide bonds. The Morgan fingerprint density at radius 1 is 1.71 bits per heavy atom. The number of ether oxygens (including phenoxy) is 1. The van der Waals surface area contributed by atoms with E-state index in [1.807, 2.05) is 6.07 Å². The lowest BCUT2D eigenvalue weighted by atomic mass is 10.3. The molecule has 0 radical (unpaired) electrons. The highest BCUT2D eigenvalue weighted by Gasteiger charge is 2.10. The van der Waals surface area contributed by atoms with Crippen molar-refractivity contribution in [2.45, 2.75) is 6.92 Å². The summed E-state index contributed by atoms with van der Waals surface area (Å²) in [6, 6.07) is 4.68. The van der Waals surface area contributed by atoms with Gasteiger partial charge in [-0.15, -0.1) is 0 Å². The highest BCUT2D eigenvalue weighted by molar-refractivity contribution is 6.30. The third-order valence-electron chi connectivity index (χ3n) is 1.45. The number of nitriles is 1. The van der Waals surface area contributed by atoms with Gasteiger partial charge in [0, 0.05) is 0 Å². The zero-order chi connectivity index (χ0) is 10.6. The summed E-state index contributed by atoms with van der Waals surface area (Å²) >= 11 is 5.63. The molecule has 1 rings (SSSR count). The maximum atomic E-state index is 11.2. The second kappa shape index (κ2) is 4.58. The summed E-state index contributed by atoms with van der Waals surface area (Å²) in [5.41, 5.74) is 0.343. The molecule has 72 valence electrons. The molecule has 0 spiro atoms. The van der Waals surface area contributed by atoms with Crippen LogP contribution in [0.4, 0.5) is 0 Å². The van der Waals surface area contributed by atoms with E-state index in [1.54, 1.807) is 6.92 Å². The normalized spacial score (nSPS) is 9.21. The van der Waals surface area contributed by atoms with Crippen molar-refractivity contribution in [3.8, 4) is 6.07 Å². The number of pyridine rings is 1. The molecule has 1 heterocycles. The van der Waals surface area contributed by atoms with Crippen LogP contribution in [-0.2, 0) is 4.74 Å². The highest BCUT2D eigenvalue weighted by Crippen LogP contribution is 2.12. The molecule has 0 N–H and O–H groups in total. The molecule has 0 fully saturated rings. The van der Waals surface area contributed by atoms with Crippen molar-refractivity contribution in [2.75, 3.05) is 6.61 Å². The van der Waals surface area contributed by atoms with Gasteiger partial charge in [-0.05, 0) is 19.1 Å². The average molecular weight is 211 g/mol. The van der Waals surface area contributed by atoms with Crippen LogP contribution in [0.2, 0.25) is 5.15 Å². The van der Waals surface area contributed by atoms with Gasteiger partial charge in [0.25, 0.3) is 0 Å². The maximum absolute atomic E-state index is 11.2. The number of carbonyl (C=O) groups excluding carboxylic acids is 1. The lowest BCUT2D eigenvalue weighted by molar-refractivity contribution is 0.0519. The molecule has 0 bridgehead atoms. The Kier molecular flexibility index (Phi) is 3.43. The van der Waals surface area contributed by atoms with E-state index in [1.165, 1.54) is 12.1 Å². The van der Waals surface area contributed by atoms with Crippen LogP contribution in [0, 0.1) is 11.3 Å². The number of aromatic nitrogens is 1. The summed E-state index contributed by atoms with van der Waals surface area (Å²) in [6.45, 7) is 1.97. The summed E-state index contributed by atoms with van der Waals surface area (Å²) in [4.78, 5) is 14.9. The Morgan fingerprint density at radius 3 is 2.93 bits per heavy atom. The SMILES string of the molecule is CCOC(=O)c1ccc(C#N)c(Cl)n1. The zero-order valence-electron chi connectivity index (χ0n) is 7.45. The number of rotatable bonds is 2. The molecule has 14 heavy (non-hydrogen) atoms. The van der Waals surface area contributed by atoms with E-state index in [9.17, 15) is 4.79 Å². The lowest BCUT2D eigenvalue weighted by Crippen LogP contribution is -2.07. The van der Waals surface area contributed by atoms with Gasteiger partial charge < -0.3 is 4.74 Å². The van der Waals surface area contributed by atoms with Crippen LogP contribution in [0.3, 0.4) is 0 Å². The second-order valence-electron chi connectivity index (χ2n) is 2.37. The molecule has 1 aromatic heterocycles. The summed E-state index contributed by atoms with van der Waals surface area (Å²) < 4.78 is 4.71. The Bertz CT molecular complexity index is 398. The summed E-state index contributed by atoms with van der Waals surface area (Å²) in [7, 11) is 0. The minimum absolute atomic E-state index is 0.0121. The number of halogens is 1. The van der Waals surface area contributed by atoms with Crippen LogP contribution in [0.1, 0.15) is 23.0 Å².